The number of imidazole rings is 1. The first-order chi connectivity index (χ1) is 10.1. The van der Waals surface area contributed by atoms with Crippen LogP contribution in [0.1, 0.15) is 11.4 Å². The van der Waals surface area contributed by atoms with Crippen molar-refractivity contribution >= 4 is 22.6 Å². The van der Waals surface area contributed by atoms with E-state index >= 15 is 0 Å². The van der Waals surface area contributed by atoms with E-state index in [1.807, 2.05) is 47.0 Å². The lowest BCUT2D eigenvalue weighted by Crippen LogP contribution is -2.20. The van der Waals surface area contributed by atoms with E-state index in [1.54, 1.807) is 6.07 Å². The van der Waals surface area contributed by atoms with Crippen LogP contribution in [-0.4, -0.2) is 15.5 Å². The van der Waals surface area contributed by atoms with Gasteiger partial charge in [-0.25, -0.2) is 4.98 Å². The van der Waals surface area contributed by atoms with E-state index in [9.17, 15) is 4.79 Å². The van der Waals surface area contributed by atoms with Gasteiger partial charge in [-0.1, -0.05) is 36.4 Å². The van der Waals surface area contributed by atoms with Crippen molar-refractivity contribution in [3.05, 3.63) is 59.9 Å². The zero-order valence-electron chi connectivity index (χ0n) is 11.5. The number of aromatic nitrogens is 2. The topological polar surface area (TPSA) is 86.9 Å². The lowest BCUT2D eigenvalue weighted by Gasteiger charge is -2.07. The first kappa shape index (κ1) is 13.2. The zero-order chi connectivity index (χ0) is 14.8. The molecule has 0 atom stereocenters. The van der Waals surface area contributed by atoms with Crippen LogP contribution >= 0.6 is 0 Å². The maximum Gasteiger partial charge on any atom is 0.237 e. The number of primary amides is 1. The van der Waals surface area contributed by atoms with Crippen LogP contribution in [0.25, 0.3) is 11.0 Å². The Morgan fingerprint density at radius 1 is 1.10 bits per heavy atom. The molecule has 1 aromatic heterocycles. The van der Waals surface area contributed by atoms with Crippen LogP contribution in [0.5, 0.6) is 0 Å². The summed E-state index contributed by atoms with van der Waals surface area (Å²) in [6, 6.07) is 15.5. The van der Waals surface area contributed by atoms with Crippen molar-refractivity contribution in [2.45, 2.75) is 13.0 Å². The predicted octanol–water partition coefficient (Wildman–Crippen LogP) is 1.69. The molecule has 2 aromatic carbocycles. The fraction of sp³-hybridized carbons (Fsp3) is 0.125. The van der Waals surface area contributed by atoms with Gasteiger partial charge in [-0.2, -0.15) is 0 Å². The summed E-state index contributed by atoms with van der Waals surface area (Å²) in [6.07, 6.45) is 0.627. The number of hydrogen-bond donors (Lipinski definition) is 2. The Labute approximate surface area is 122 Å². The summed E-state index contributed by atoms with van der Waals surface area (Å²) in [7, 11) is 0. The molecule has 0 aliphatic heterocycles. The molecule has 0 saturated carbocycles. The number of para-hydroxylation sites is 1. The second-order valence-electron chi connectivity index (χ2n) is 4.96. The lowest BCUT2D eigenvalue weighted by atomic mass is 10.1. The lowest BCUT2D eigenvalue weighted by molar-refractivity contribution is -0.118. The number of carbonyl (C=O) groups excluding carboxylic acids is 1. The molecule has 3 rings (SSSR count). The summed E-state index contributed by atoms with van der Waals surface area (Å²) in [6.45, 7) is 0.0993. The number of anilines is 1. The highest BCUT2D eigenvalue weighted by Gasteiger charge is 2.14. The zero-order valence-corrected chi connectivity index (χ0v) is 11.5. The molecule has 0 unspecified atom stereocenters. The van der Waals surface area contributed by atoms with Gasteiger partial charge in [-0.15, -0.1) is 0 Å². The molecule has 0 radical (unpaired) electrons. The maximum absolute atomic E-state index is 11.3. The van der Waals surface area contributed by atoms with Crippen molar-refractivity contribution < 1.29 is 4.79 Å². The SMILES string of the molecule is NC(=O)Cn1c(Cc2ccccc2)nc2c(N)cccc21. The highest BCUT2D eigenvalue weighted by Crippen LogP contribution is 2.23. The van der Waals surface area contributed by atoms with Gasteiger partial charge in [0.05, 0.1) is 11.2 Å². The number of hydrogen-bond acceptors (Lipinski definition) is 3. The average Bonchev–Trinajstić information content (AvgIpc) is 2.79. The number of nitrogens with zero attached hydrogens (tertiary/aromatic N) is 2. The molecule has 21 heavy (non-hydrogen) atoms. The van der Waals surface area contributed by atoms with Gasteiger partial charge in [0.15, 0.2) is 0 Å². The molecular weight excluding hydrogens is 264 g/mol. The molecule has 1 amide bonds. The number of rotatable bonds is 4. The first-order valence-corrected chi connectivity index (χ1v) is 6.71. The van der Waals surface area contributed by atoms with E-state index in [2.05, 4.69) is 4.98 Å². The van der Waals surface area contributed by atoms with Crippen LogP contribution in [0.4, 0.5) is 5.69 Å². The maximum atomic E-state index is 11.3. The summed E-state index contributed by atoms with van der Waals surface area (Å²) in [5.74, 6) is 0.388. The number of amides is 1. The minimum atomic E-state index is -0.397. The fourth-order valence-electron chi connectivity index (χ4n) is 2.46. The Bertz CT molecular complexity index is 793. The van der Waals surface area contributed by atoms with Crippen LogP contribution in [0.2, 0.25) is 0 Å². The van der Waals surface area contributed by atoms with E-state index in [4.69, 9.17) is 11.5 Å². The van der Waals surface area contributed by atoms with E-state index in [0.29, 0.717) is 17.6 Å². The Morgan fingerprint density at radius 2 is 1.86 bits per heavy atom. The van der Waals surface area contributed by atoms with Crippen molar-refractivity contribution in [2.75, 3.05) is 5.73 Å². The molecule has 0 aliphatic rings. The van der Waals surface area contributed by atoms with Gasteiger partial charge in [0, 0.05) is 6.42 Å². The third kappa shape index (κ3) is 2.58. The molecule has 3 aromatic rings. The summed E-state index contributed by atoms with van der Waals surface area (Å²) in [5, 5.41) is 0. The van der Waals surface area contributed by atoms with E-state index < -0.39 is 5.91 Å². The van der Waals surface area contributed by atoms with Crippen molar-refractivity contribution in [2.24, 2.45) is 5.73 Å². The minimum absolute atomic E-state index is 0.0993. The van der Waals surface area contributed by atoms with Crippen LogP contribution in [-0.2, 0) is 17.8 Å². The standard InChI is InChI=1S/C16H16N4O/c17-12-7-4-8-13-16(12)19-15(20(13)10-14(18)21)9-11-5-2-1-3-6-11/h1-8H,9-10,17H2,(H2,18,21). The van der Waals surface area contributed by atoms with Gasteiger partial charge in [0.25, 0.3) is 0 Å². The third-order valence-electron chi connectivity index (χ3n) is 3.41. The Kier molecular flexibility index (Phi) is 3.31. The van der Waals surface area contributed by atoms with Crippen molar-refractivity contribution in [1.29, 1.82) is 0 Å². The van der Waals surface area contributed by atoms with Gasteiger partial charge in [0.2, 0.25) is 5.91 Å². The first-order valence-electron chi connectivity index (χ1n) is 6.71. The molecule has 0 spiro atoms. The number of nitrogens with two attached hydrogens (primary N) is 2. The van der Waals surface area contributed by atoms with Gasteiger partial charge < -0.3 is 16.0 Å². The molecule has 4 N–H and O–H groups in total. The van der Waals surface area contributed by atoms with E-state index in [1.165, 1.54) is 0 Å². The smallest absolute Gasteiger partial charge is 0.237 e. The van der Waals surface area contributed by atoms with Crippen molar-refractivity contribution in [3.63, 3.8) is 0 Å². The highest BCUT2D eigenvalue weighted by molar-refractivity contribution is 5.88. The quantitative estimate of drug-likeness (QED) is 0.713. The van der Waals surface area contributed by atoms with Crippen LogP contribution in [0.15, 0.2) is 48.5 Å². The molecule has 0 aliphatic carbocycles. The molecule has 5 heteroatoms. The Hall–Kier alpha value is -2.82. The fourth-order valence-corrected chi connectivity index (χ4v) is 2.46. The second kappa shape index (κ2) is 5.28. The molecule has 0 bridgehead atoms. The minimum Gasteiger partial charge on any atom is -0.397 e. The third-order valence-corrected chi connectivity index (χ3v) is 3.41. The predicted molar refractivity (Wildman–Crippen MR) is 82.6 cm³/mol. The normalized spacial score (nSPS) is 10.9. The number of carbonyl (C=O) groups is 1. The van der Waals surface area contributed by atoms with Gasteiger partial charge >= 0.3 is 0 Å². The Balaban J connectivity index is 2.12. The molecule has 5 nitrogen and oxygen atoms in total. The number of nitrogen functional groups attached to an aromatic ring is 1. The van der Waals surface area contributed by atoms with E-state index in [-0.39, 0.29) is 6.54 Å². The summed E-state index contributed by atoms with van der Waals surface area (Å²) in [5.41, 5.74) is 14.6. The summed E-state index contributed by atoms with van der Waals surface area (Å²) >= 11 is 0. The average molecular weight is 280 g/mol. The summed E-state index contributed by atoms with van der Waals surface area (Å²) in [4.78, 5) is 15.9. The molecule has 1 heterocycles. The molecule has 106 valence electrons. The van der Waals surface area contributed by atoms with Crippen LogP contribution < -0.4 is 11.5 Å². The second-order valence-corrected chi connectivity index (χ2v) is 4.96. The number of benzene rings is 2. The number of fused-ring (bicyclic) bond motifs is 1. The van der Waals surface area contributed by atoms with Gasteiger partial charge in [0.1, 0.15) is 17.9 Å². The largest absolute Gasteiger partial charge is 0.397 e. The van der Waals surface area contributed by atoms with Crippen molar-refractivity contribution in [3.8, 4) is 0 Å². The van der Waals surface area contributed by atoms with Crippen LogP contribution in [0.3, 0.4) is 0 Å². The van der Waals surface area contributed by atoms with E-state index in [0.717, 1.165) is 16.9 Å². The summed E-state index contributed by atoms with van der Waals surface area (Å²) < 4.78 is 1.83. The Morgan fingerprint density at radius 3 is 2.57 bits per heavy atom. The van der Waals surface area contributed by atoms with Gasteiger partial charge in [-0.05, 0) is 17.7 Å². The van der Waals surface area contributed by atoms with Gasteiger partial charge in [-0.3, -0.25) is 4.79 Å². The van der Waals surface area contributed by atoms with Crippen LogP contribution in [0, 0.1) is 0 Å². The molecule has 0 fully saturated rings. The van der Waals surface area contributed by atoms with Crippen molar-refractivity contribution in [1.82, 2.24) is 9.55 Å². The monoisotopic (exact) mass is 280 g/mol. The molecular formula is C16H16N4O. The highest BCUT2D eigenvalue weighted by atomic mass is 16.1. The molecule has 0 saturated heterocycles.